The topological polar surface area (TPSA) is 43.9 Å². The van der Waals surface area contributed by atoms with Crippen LogP contribution < -0.4 is 0 Å². The number of likely N-dealkylation sites (tertiary alicyclic amines) is 3. The normalized spacial score (nSPS) is 32.2. The minimum atomic E-state index is -0.175. The Hall–Kier alpha value is -1.10. The Morgan fingerprint density at radius 2 is 1.67 bits per heavy atom. The molecule has 3 aliphatic heterocycles. The van der Waals surface area contributed by atoms with Gasteiger partial charge >= 0.3 is 0 Å². The molecule has 0 unspecified atom stereocenters. The second kappa shape index (κ2) is 7.42. The molecule has 0 spiro atoms. The molecular formula is C19H33N3O2. The summed E-state index contributed by atoms with van der Waals surface area (Å²) < 4.78 is 0. The van der Waals surface area contributed by atoms with E-state index in [0.29, 0.717) is 6.54 Å². The number of rotatable bonds is 2. The number of carbonyl (C=O) groups excluding carboxylic acids is 2. The summed E-state index contributed by atoms with van der Waals surface area (Å²) >= 11 is 0. The molecule has 24 heavy (non-hydrogen) atoms. The molecule has 3 rings (SSSR count). The van der Waals surface area contributed by atoms with Crippen LogP contribution in [0.2, 0.25) is 0 Å². The van der Waals surface area contributed by atoms with Crippen molar-refractivity contribution >= 4 is 11.8 Å². The van der Waals surface area contributed by atoms with Crippen LogP contribution in [0.4, 0.5) is 0 Å². The zero-order valence-electron chi connectivity index (χ0n) is 15.4. The maximum absolute atomic E-state index is 13.1. The maximum atomic E-state index is 13.1. The predicted molar refractivity (Wildman–Crippen MR) is 94.7 cm³/mol. The molecule has 0 bridgehead atoms. The summed E-state index contributed by atoms with van der Waals surface area (Å²) in [4.78, 5) is 31.6. The minimum Gasteiger partial charge on any atom is -0.338 e. The third-order valence-electron chi connectivity index (χ3n) is 6.41. The molecule has 0 N–H and O–H groups in total. The van der Waals surface area contributed by atoms with Gasteiger partial charge in [-0.05, 0) is 58.5 Å². The van der Waals surface area contributed by atoms with Gasteiger partial charge in [-0.25, -0.2) is 0 Å². The second-order valence-corrected chi connectivity index (χ2v) is 8.07. The molecule has 136 valence electrons. The highest BCUT2D eigenvalue weighted by Crippen LogP contribution is 2.39. The van der Waals surface area contributed by atoms with Gasteiger partial charge in [-0.15, -0.1) is 0 Å². The van der Waals surface area contributed by atoms with Crippen LogP contribution in [0, 0.1) is 0 Å². The van der Waals surface area contributed by atoms with E-state index in [4.69, 9.17) is 0 Å². The smallest absolute Gasteiger partial charge is 0.237 e. The molecular weight excluding hydrogens is 302 g/mol. The van der Waals surface area contributed by atoms with Crippen LogP contribution in [0.3, 0.4) is 0 Å². The van der Waals surface area contributed by atoms with Crippen LogP contribution in [0.25, 0.3) is 0 Å². The van der Waals surface area contributed by atoms with Gasteiger partial charge in [-0.2, -0.15) is 0 Å². The lowest BCUT2D eigenvalue weighted by Gasteiger charge is -2.56. The number of carbonyl (C=O) groups is 2. The third kappa shape index (κ3) is 3.46. The number of hydrogen-bond donors (Lipinski definition) is 0. The zero-order chi connectivity index (χ0) is 17.2. The lowest BCUT2D eigenvalue weighted by Crippen LogP contribution is -2.68. The van der Waals surface area contributed by atoms with E-state index in [1.807, 2.05) is 4.90 Å². The number of hydrogen-bond acceptors (Lipinski definition) is 3. The van der Waals surface area contributed by atoms with E-state index in [-0.39, 0.29) is 23.4 Å². The molecule has 3 heterocycles. The lowest BCUT2D eigenvalue weighted by molar-refractivity contribution is -0.155. The summed E-state index contributed by atoms with van der Waals surface area (Å²) in [6, 6.07) is 0.200. The number of fused-ring (bicyclic) bond motifs is 1. The number of nitrogens with zero attached hydrogens (tertiary/aromatic N) is 3. The van der Waals surface area contributed by atoms with E-state index in [2.05, 4.69) is 16.7 Å². The van der Waals surface area contributed by atoms with Crippen molar-refractivity contribution in [3.05, 3.63) is 0 Å². The fourth-order valence-corrected chi connectivity index (χ4v) is 5.10. The Morgan fingerprint density at radius 3 is 2.33 bits per heavy atom. The van der Waals surface area contributed by atoms with Crippen LogP contribution in [-0.4, -0.2) is 70.8 Å². The quantitative estimate of drug-likeness (QED) is 0.777. The molecule has 5 heteroatoms. The Morgan fingerprint density at radius 1 is 0.958 bits per heavy atom. The van der Waals surface area contributed by atoms with Crippen LogP contribution in [-0.2, 0) is 9.59 Å². The highest BCUT2D eigenvalue weighted by atomic mass is 16.2. The van der Waals surface area contributed by atoms with Crippen LogP contribution >= 0.6 is 0 Å². The van der Waals surface area contributed by atoms with Crippen LogP contribution in [0.5, 0.6) is 0 Å². The fourth-order valence-electron chi connectivity index (χ4n) is 5.10. The van der Waals surface area contributed by atoms with Crippen molar-refractivity contribution in [3.8, 4) is 0 Å². The zero-order valence-corrected chi connectivity index (χ0v) is 15.4. The first-order chi connectivity index (χ1) is 11.5. The Bertz CT molecular complexity index is 473. The van der Waals surface area contributed by atoms with Crippen molar-refractivity contribution in [2.75, 3.05) is 32.7 Å². The van der Waals surface area contributed by atoms with E-state index in [1.165, 1.54) is 25.7 Å². The van der Waals surface area contributed by atoms with Gasteiger partial charge in [-0.3, -0.25) is 14.5 Å². The summed E-state index contributed by atoms with van der Waals surface area (Å²) in [5.74, 6) is 0.433. The predicted octanol–water partition coefficient (Wildman–Crippen LogP) is 2.25. The minimum absolute atomic E-state index is 0.160. The van der Waals surface area contributed by atoms with E-state index in [1.54, 1.807) is 6.92 Å². The number of piperidine rings is 2. The van der Waals surface area contributed by atoms with Crippen molar-refractivity contribution in [3.63, 3.8) is 0 Å². The van der Waals surface area contributed by atoms with E-state index in [0.717, 1.165) is 51.9 Å². The Kier molecular flexibility index (Phi) is 5.48. The first kappa shape index (κ1) is 17.7. The molecule has 3 fully saturated rings. The Balaban J connectivity index is 1.71. The molecule has 2 atom stereocenters. The highest BCUT2D eigenvalue weighted by Gasteiger charge is 2.49. The van der Waals surface area contributed by atoms with Crippen molar-refractivity contribution in [2.24, 2.45) is 0 Å². The molecule has 0 aromatic rings. The molecule has 0 aromatic carbocycles. The van der Waals surface area contributed by atoms with E-state index < -0.39 is 0 Å². The Labute approximate surface area is 146 Å². The summed E-state index contributed by atoms with van der Waals surface area (Å²) in [7, 11) is 0. The third-order valence-corrected chi connectivity index (χ3v) is 6.41. The van der Waals surface area contributed by atoms with Crippen molar-refractivity contribution in [2.45, 2.75) is 76.8 Å². The van der Waals surface area contributed by atoms with E-state index >= 15 is 0 Å². The average Bonchev–Trinajstić information content (AvgIpc) is 2.81. The molecule has 2 amide bonds. The van der Waals surface area contributed by atoms with Gasteiger partial charge < -0.3 is 9.80 Å². The monoisotopic (exact) mass is 335 g/mol. The van der Waals surface area contributed by atoms with Crippen LogP contribution in [0.15, 0.2) is 0 Å². The molecule has 0 saturated carbocycles. The standard InChI is InChI=1S/C19H33N3O2/c1-16(23)21-13-8-10-19(2)17(21)9-7-14-22(19)18(24)15-20-11-5-3-4-6-12-20/h17H,3-15H2,1-2H3/t17-,19-/m0/s1. The summed E-state index contributed by atoms with van der Waals surface area (Å²) in [6.07, 6.45) is 9.08. The molecule has 0 aromatic heterocycles. The second-order valence-electron chi connectivity index (χ2n) is 8.07. The fraction of sp³-hybridized carbons (Fsp3) is 0.895. The maximum Gasteiger partial charge on any atom is 0.237 e. The average molecular weight is 335 g/mol. The van der Waals surface area contributed by atoms with Gasteiger partial charge in [0.25, 0.3) is 0 Å². The summed E-state index contributed by atoms with van der Waals surface area (Å²) in [5, 5.41) is 0. The van der Waals surface area contributed by atoms with E-state index in [9.17, 15) is 9.59 Å². The first-order valence-electron chi connectivity index (χ1n) is 9.82. The van der Waals surface area contributed by atoms with Gasteiger partial charge in [0.1, 0.15) is 0 Å². The van der Waals surface area contributed by atoms with Gasteiger partial charge in [0.15, 0.2) is 0 Å². The van der Waals surface area contributed by atoms with Crippen molar-refractivity contribution < 1.29 is 9.59 Å². The molecule has 3 saturated heterocycles. The van der Waals surface area contributed by atoms with Crippen molar-refractivity contribution in [1.82, 2.24) is 14.7 Å². The van der Waals surface area contributed by atoms with Gasteiger partial charge in [0.05, 0.1) is 18.1 Å². The molecule has 3 aliphatic rings. The molecule has 5 nitrogen and oxygen atoms in total. The van der Waals surface area contributed by atoms with Gasteiger partial charge in [0, 0.05) is 20.0 Å². The SMILES string of the molecule is CC(=O)N1CCC[C@@]2(C)[C@@H]1CCCN2C(=O)CN1CCCCCC1. The summed E-state index contributed by atoms with van der Waals surface area (Å²) in [6.45, 7) is 8.26. The number of amides is 2. The van der Waals surface area contributed by atoms with Gasteiger partial charge in [-0.1, -0.05) is 12.8 Å². The molecule has 0 aliphatic carbocycles. The lowest BCUT2D eigenvalue weighted by atomic mass is 9.76. The molecule has 0 radical (unpaired) electrons. The summed E-state index contributed by atoms with van der Waals surface area (Å²) in [5.41, 5.74) is -0.175. The van der Waals surface area contributed by atoms with Gasteiger partial charge in [0.2, 0.25) is 11.8 Å². The first-order valence-corrected chi connectivity index (χ1v) is 9.82. The highest BCUT2D eigenvalue weighted by molar-refractivity contribution is 5.80. The van der Waals surface area contributed by atoms with Crippen LogP contribution in [0.1, 0.15) is 65.2 Å². The van der Waals surface area contributed by atoms with Crippen molar-refractivity contribution in [1.29, 1.82) is 0 Å². The largest absolute Gasteiger partial charge is 0.338 e.